The Morgan fingerprint density at radius 3 is 2.73 bits per heavy atom. The normalized spacial score (nSPS) is 28.2. The van der Waals surface area contributed by atoms with E-state index in [1.807, 2.05) is 12.3 Å². The number of aliphatic hydroxyl groups excluding tert-OH is 1. The zero-order valence-corrected chi connectivity index (χ0v) is 13.0. The van der Waals surface area contributed by atoms with Gasteiger partial charge in [-0.15, -0.1) is 0 Å². The van der Waals surface area contributed by atoms with Crippen LogP contribution in [0, 0.1) is 0 Å². The van der Waals surface area contributed by atoms with E-state index in [9.17, 15) is 5.11 Å². The van der Waals surface area contributed by atoms with Crippen molar-refractivity contribution in [3.8, 4) is 0 Å². The molecule has 4 rings (SSSR count). The van der Waals surface area contributed by atoms with Gasteiger partial charge in [-0.05, 0) is 57.0 Å². The summed E-state index contributed by atoms with van der Waals surface area (Å²) in [4.78, 5) is 10.4. The molecular weight excluding hydrogens is 274 g/mol. The van der Waals surface area contributed by atoms with E-state index in [0.717, 1.165) is 25.2 Å². The zero-order valence-electron chi connectivity index (χ0n) is 13.0. The molecule has 0 radical (unpaired) electrons. The number of hydrogen-bond acceptors (Lipinski definition) is 3. The van der Waals surface area contributed by atoms with Crippen LogP contribution in [0.15, 0.2) is 24.4 Å². The van der Waals surface area contributed by atoms with Gasteiger partial charge < -0.3 is 10.1 Å². The highest BCUT2D eigenvalue weighted by molar-refractivity contribution is 5.76. The van der Waals surface area contributed by atoms with Gasteiger partial charge in [-0.3, -0.25) is 4.90 Å². The Kier molecular flexibility index (Phi) is 3.89. The van der Waals surface area contributed by atoms with Gasteiger partial charge in [0.1, 0.15) is 5.65 Å². The summed E-state index contributed by atoms with van der Waals surface area (Å²) < 4.78 is 0. The Bertz CT molecular complexity index is 597. The molecule has 0 aromatic carbocycles. The molecule has 2 atom stereocenters. The number of rotatable bonds is 2. The number of hydrogen-bond donors (Lipinski definition) is 2. The number of aromatic amines is 1. The van der Waals surface area contributed by atoms with E-state index < -0.39 is 0 Å². The van der Waals surface area contributed by atoms with E-state index in [1.165, 1.54) is 43.2 Å². The van der Waals surface area contributed by atoms with Crippen molar-refractivity contribution in [1.82, 2.24) is 14.9 Å². The van der Waals surface area contributed by atoms with Crippen molar-refractivity contribution in [2.24, 2.45) is 0 Å². The second-order valence-corrected chi connectivity index (χ2v) is 6.90. The highest BCUT2D eigenvalue weighted by atomic mass is 16.3. The first-order valence-electron chi connectivity index (χ1n) is 8.67. The van der Waals surface area contributed by atoms with Crippen LogP contribution in [-0.4, -0.2) is 45.2 Å². The second kappa shape index (κ2) is 6.01. The van der Waals surface area contributed by atoms with Crippen LogP contribution < -0.4 is 0 Å². The van der Waals surface area contributed by atoms with Gasteiger partial charge in [0.2, 0.25) is 0 Å². The third kappa shape index (κ3) is 2.66. The Labute approximate surface area is 131 Å². The molecule has 2 fully saturated rings. The summed E-state index contributed by atoms with van der Waals surface area (Å²) in [7, 11) is 0. The van der Waals surface area contributed by atoms with Crippen LogP contribution in [0.4, 0.5) is 0 Å². The van der Waals surface area contributed by atoms with E-state index in [0.29, 0.717) is 12.0 Å². The van der Waals surface area contributed by atoms with E-state index >= 15 is 0 Å². The SMILES string of the molecule is O[C@@H]1CCCC[C@H]1N1CCC(c2cc3cccnc3[nH]2)CC1. The molecule has 2 aliphatic rings. The molecule has 0 bridgehead atoms. The maximum atomic E-state index is 10.2. The molecule has 3 heterocycles. The van der Waals surface area contributed by atoms with Crippen molar-refractivity contribution in [3.05, 3.63) is 30.1 Å². The standard InChI is InChI=1S/C18H25N3O/c22-17-6-2-1-5-16(17)21-10-7-13(8-11-21)15-12-14-4-3-9-19-18(14)20-15/h3-4,9,12-13,16-17,22H,1-2,5-8,10-11H2,(H,19,20)/t16-,17-/m1/s1. The van der Waals surface area contributed by atoms with Crippen molar-refractivity contribution in [2.45, 2.75) is 56.6 Å². The molecular formula is C18H25N3O. The predicted octanol–water partition coefficient (Wildman–Crippen LogP) is 3.05. The first-order chi connectivity index (χ1) is 10.8. The molecule has 118 valence electrons. The minimum Gasteiger partial charge on any atom is -0.391 e. The number of aromatic nitrogens is 2. The predicted molar refractivity (Wildman–Crippen MR) is 87.9 cm³/mol. The fourth-order valence-corrected chi connectivity index (χ4v) is 4.26. The molecule has 0 spiro atoms. The lowest BCUT2D eigenvalue weighted by Gasteiger charge is -2.41. The summed E-state index contributed by atoms with van der Waals surface area (Å²) >= 11 is 0. The van der Waals surface area contributed by atoms with Gasteiger partial charge in [-0.25, -0.2) is 4.98 Å². The summed E-state index contributed by atoms with van der Waals surface area (Å²) in [5, 5.41) is 11.5. The van der Waals surface area contributed by atoms with Crippen molar-refractivity contribution in [3.63, 3.8) is 0 Å². The second-order valence-electron chi connectivity index (χ2n) is 6.90. The highest BCUT2D eigenvalue weighted by Gasteiger charge is 2.32. The number of nitrogens with one attached hydrogen (secondary N) is 1. The third-order valence-electron chi connectivity index (χ3n) is 5.54. The fourth-order valence-electron chi connectivity index (χ4n) is 4.26. The Morgan fingerprint density at radius 2 is 1.95 bits per heavy atom. The van der Waals surface area contributed by atoms with Crippen LogP contribution in [0.3, 0.4) is 0 Å². The molecule has 4 heteroatoms. The maximum Gasteiger partial charge on any atom is 0.137 e. The molecule has 4 nitrogen and oxygen atoms in total. The topological polar surface area (TPSA) is 52.1 Å². The number of piperidine rings is 1. The minimum absolute atomic E-state index is 0.109. The van der Waals surface area contributed by atoms with Gasteiger partial charge in [0, 0.05) is 29.2 Å². The monoisotopic (exact) mass is 299 g/mol. The van der Waals surface area contributed by atoms with E-state index in [4.69, 9.17) is 0 Å². The lowest BCUT2D eigenvalue weighted by Crippen LogP contribution is -2.48. The Hall–Kier alpha value is -1.39. The number of nitrogens with zero attached hydrogens (tertiary/aromatic N) is 2. The Morgan fingerprint density at radius 1 is 1.14 bits per heavy atom. The molecule has 2 aromatic rings. The molecule has 2 aromatic heterocycles. The van der Waals surface area contributed by atoms with Gasteiger partial charge in [-0.2, -0.15) is 0 Å². The summed E-state index contributed by atoms with van der Waals surface area (Å²) in [6.45, 7) is 2.21. The molecule has 1 aliphatic carbocycles. The van der Waals surface area contributed by atoms with Gasteiger partial charge in [0.15, 0.2) is 0 Å². The molecule has 1 aliphatic heterocycles. The van der Waals surface area contributed by atoms with Crippen molar-refractivity contribution >= 4 is 11.0 Å². The first-order valence-corrected chi connectivity index (χ1v) is 8.67. The van der Waals surface area contributed by atoms with Crippen molar-refractivity contribution in [1.29, 1.82) is 0 Å². The van der Waals surface area contributed by atoms with Crippen molar-refractivity contribution in [2.75, 3.05) is 13.1 Å². The quantitative estimate of drug-likeness (QED) is 0.896. The molecule has 0 amide bonds. The third-order valence-corrected chi connectivity index (χ3v) is 5.54. The van der Waals surface area contributed by atoms with Crippen LogP contribution in [0.5, 0.6) is 0 Å². The summed E-state index contributed by atoms with van der Waals surface area (Å²) in [6, 6.07) is 6.78. The number of aliphatic hydroxyl groups is 1. The minimum atomic E-state index is -0.109. The maximum absolute atomic E-state index is 10.2. The summed E-state index contributed by atoms with van der Waals surface area (Å²) in [5.74, 6) is 0.603. The van der Waals surface area contributed by atoms with Gasteiger partial charge in [0.05, 0.1) is 6.10 Å². The molecule has 2 N–H and O–H groups in total. The average molecular weight is 299 g/mol. The van der Waals surface area contributed by atoms with Gasteiger partial charge in [0.25, 0.3) is 0 Å². The van der Waals surface area contributed by atoms with Crippen LogP contribution in [0.1, 0.15) is 50.1 Å². The number of likely N-dealkylation sites (tertiary alicyclic amines) is 1. The van der Waals surface area contributed by atoms with Crippen LogP contribution >= 0.6 is 0 Å². The molecule has 22 heavy (non-hydrogen) atoms. The van der Waals surface area contributed by atoms with Crippen LogP contribution in [-0.2, 0) is 0 Å². The van der Waals surface area contributed by atoms with E-state index in [2.05, 4.69) is 27.0 Å². The Balaban J connectivity index is 1.43. The van der Waals surface area contributed by atoms with Crippen molar-refractivity contribution < 1.29 is 5.11 Å². The van der Waals surface area contributed by atoms with Gasteiger partial charge in [-0.1, -0.05) is 12.8 Å². The lowest BCUT2D eigenvalue weighted by molar-refractivity contribution is 0.00856. The number of pyridine rings is 1. The van der Waals surface area contributed by atoms with Crippen LogP contribution in [0.2, 0.25) is 0 Å². The summed E-state index contributed by atoms with van der Waals surface area (Å²) in [6.07, 6.45) is 8.70. The fraction of sp³-hybridized carbons (Fsp3) is 0.611. The first kappa shape index (κ1) is 14.2. The summed E-state index contributed by atoms with van der Waals surface area (Å²) in [5.41, 5.74) is 2.33. The highest BCUT2D eigenvalue weighted by Crippen LogP contribution is 2.32. The van der Waals surface area contributed by atoms with E-state index in [1.54, 1.807) is 0 Å². The van der Waals surface area contributed by atoms with Crippen LogP contribution in [0.25, 0.3) is 11.0 Å². The average Bonchev–Trinajstić information content (AvgIpc) is 2.99. The number of fused-ring (bicyclic) bond motifs is 1. The zero-order chi connectivity index (χ0) is 14.9. The largest absolute Gasteiger partial charge is 0.391 e. The van der Waals surface area contributed by atoms with Gasteiger partial charge >= 0.3 is 0 Å². The lowest BCUT2D eigenvalue weighted by atomic mass is 9.87. The molecule has 1 saturated carbocycles. The molecule has 0 unspecified atom stereocenters. The smallest absolute Gasteiger partial charge is 0.137 e. The number of H-pyrrole nitrogens is 1. The van der Waals surface area contributed by atoms with E-state index in [-0.39, 0.29) is 6.10 Å². The molecule has 1 saturated heterocycles.